The number of rotatable bonds is 6. The molecule has 0 aliphatic rings. The standard InChI is InChI=1S/C18H19NO2S/c1-19(2)18(21)12-16(20)15-10-6-7-11-17(15)22-13-14-8-4-3-5-9-14/h3-11H,12-13H2,1-2H3. The lowest BCUT2D eigenvalue weighted by Gasteiger charge is -2.11. The molecule has 0 aromatic heterocycles. The average molecular weight is 313 g/mol. The largest absolute Gasteiger partial charge is 0.348 e. The smallest absolute Gasteiger partial charge is 0.229 e. The van der Waals surface area contributed by atoms with E-state index < -0.39 is 0 Å². The summed E-state index contributed by atoms with van der Waals surface area (Å²) in [6, 6.07) is 17.6. The van der Waals surface area contributed by atoms with Crippen LogP contribution in [0.25, 0.3) is 0 Å². The molecule has 0 aliphatic carbocycles. The summed E-state index contributed by atoms with van der Waals surface area (Å²) in [5.41, 5.74) is 1.83. The minimum Gasteiger partial charge on any atom is -0.348 e. The van der Waals surface area contributed by atoms with E-state index in [-0.39, 0.29) is 18.1 Å². The van der Waals surface area contributed by atoms with Gasteiger partial charge in [0.25, 0.3) is 0 Å². The molecule has 114 valence electrons. The van der Waals surface area contributed by atoms with E-state index in [9.17, 15) is 9.59 Å². The highest BCUT2D eigenvalue weighted by atomic mass is 32.2. The van der Waals surface area contributed by atoms with Crippen molar-refractivity contribution in [3.63, 3.8) is 0 Å². The Balaban J connectivity index is 2.09. The van der Waals surface area contributed by atoms with Crippen LogP contribution in [0.15, 0.2) is 59.5 Å². The molecular weight excluding hydrogens is 294 g/mol. The first-order valence-corrected chi connectivity index (χ1v) is 8.05. The van der Waals surface area contributed by atoms with Gasteiger partial charge >= 0.3 is 0 Å². The molecule has 0 unspecified atom stereocenters. The fraction of sp³-hybridized carbons (Fsp3) is 0.222. The van der Waals surface area contributed by atoms with Crippen molar-refractivity contribution in [3.05, 3.63) is 65.7 Å². The normalized spacial score (nSPS) is 10.3. The van der Waals surface area contributed by atoms with Crippen LogP contribution in [0.4, 0.5) is 0 Å². The fourth-order valence-electron chi connectivity index (χ4n) is 1.95. The summed E-state index contributed by atoms with van der Waals surface area (Å²) in [5.74, 6) is 0.495. The van der Waals surface area contributed by atoms with Crippen molar-refractivity contribution in [2.24, 2.45) is 0 Å². The third-order valence-corrected chi connectivity index (χ3v) is 4.38. The molecule has 2 rings (SSSR count). The Morgan fingerprint density at radius 3 is 2.27 bits per heavy atom. The highest BCUT2D eigenvalue weighted by Crippen LogP contribution is 2.27. The van der Waals surface area contributed by atoms with Gasteiger partial charge in [0.1, 0.15) is 0 Å². The van der Waals surface area contributed by atoms with Gasteiger partial charge in [0, 0.05) is 30.3 Å². The molecule has 0 fully saturated rings. The predicted molar refractivity (Wildman–Crippen MR) is 90.1 cm³/mol. The van der Waals surface area contributed by atoms with E-state index in [0.717, 1.165) is 10.6 Å². The van der Waals surface area contributed by atoms with Gasteiger partial charge in [0.05, 0.1) is 6.42 Å². The molecule has 0 saturated carbocycles. The summed E-state index contributed by atoms with van der Waals surface area (Å²) in [5, 5.41) is 0. The Morgan fingerprint density at radius 2 is 1.59 bits per heavy atom. The first kappa shape index (κ1) is 16.3. The number of carbonyl (C=O) groups is 2. The lowest BCUT2D eigenvalue weighted by atomic mass is 10.1. The van der Waals surface area contributed by atoms with Gasteiger partial charge in [-0.1, -0.05) is 48.5 Å². The van der Waals surface area contributed by atoms with Crippen molar-refractivity contribution in [1.82, 2.24) is 4.90 Å². The summed E-state index contributed by atoms with van der Waals surface area (Å²) in [7, 11) is 3.32. The quantitative estimate of drug-likeness (QED) is 0.464. The zero-order chi connectivity index (χ0) is 15.9. The number of carbonyl (C=O) groups excluding carboxylic acids is 2. The third kappa shape index (κ3) is 4.46. The van der Waals surface area contributed by atoms with Crippen molar-refractivity contribution in [3.8, 4) is 0 Å². The second-order valence-corrected chi connectivity index (χ2v) is 6.18. The van der Waals surface area contributed by atoms with Gasteiger partial charge < -0.3 is 4.90 Å². The molecule has 2 aromatic carbocycles. The number of amides is 1. The van der Waals surface area contributed by atoms with Gasteiger partial charge in [-0.3, -0.25) is 9.59 Å². The number of nitrogens with zero attached hydrogens (tertiary/aromatic N) is 1. The van der Waals surface area contributed by atoms with Crippen LogP contribution >= 0.6 is 11.8 Å². The number of thioether (sulfide) groups is 1. The van der Waals surface area contributed by atoms with Crippen molar-refractivity contribution in [2.45, 2.75) is 17.1 Å². The van der Waals surface area contributed by atoms with Crippen molar-refractivity contribution in [1.29, 1.82) is 0 Å². The Labute approximate surface area is 135 Å². The van der Waals surface area contributed by atoms with Crippen molar-refractivity contribution < 1.29 is 9.59 Å². The maximum Gasteiger partial charge on any atom is 0.229 e. The number of hydrogen-bond acceptors (Lipinski definition) is 3. The second kappa shape index (κ2) is 7.80. The highest BCUT2D eigenvalue weighted by molar-refractivity contribution is 7.98. The Hall–Kier alpha value is -2.07. The molecule has 0 aliphatic heterocycles. The maximum atomic E-state index is 12.3. The van der Waals surface area contributed by atoms with E-state index in [1.807, 2.05) is 36.4 Å². The molecule has 0 saturated heterocycles. The van der Waals surface area contributed by atoms with Crippen molar-refractivity contribution in [2.75, 3.05) is 14.1 Å². The Morgan fingerprint density at radius 1 is 0.955 bits per heavy atom. The molecule has 0 bridgehead atoms. The van der Waals surface area contributed by atoms with E-state index in [4.69, 9.17) is 0 Å². The molecule has 0 N–H and O–H groups in total. The van der Waals surface area contributed by atoms with E-state index in [0.29, 0.717) is 5.56 Å². The number of ketones is 1. The first-order chi connectivity index (χ1) is 10.6. The number of Topliss-reactive ketones (excluding diaryl/α,β-unsaturated/α-hetero) is 1. The molecule has 1 amide bonds. The number of benzene rings is 2. The van der Waals surface area contributed by atoms with Gasteiger partial charge in [-0.15, -0.1) is 11.8 Å². The fourth-order valence-corrected chi connectivity index (χ4v) is 2.98. The average Bonchev–Trinajstić information content (AvgIpc) is 2.54. The summed E-state index contributed by atoms with van der Waals surface area (Å²) >= 11 is 1.62. The molecule has 4 heteroatoms. The van der Waals surface area contributed by atoms with Gasteiger partial charge in [-0.2, -0.15) is 0 Å². The Kier molecular flexibility index (Phi) is 5.78. The summed E-state index contributed by atoms with van der Waals surface area (Å²) in [6.45, 7) is 0. The van der Waals surface area contributed by atoms with Crippen LogP contribution in [0.3, 0.4) is 0 Å². The van der Waals surface area contributed by atoms with Crippen LogP contribution in [-0.4, -0.2) is 30.7 Å². The lowest BCUT2D eigenvalue weighted by Crippen LogP contribution is -2.24. The minimum atomic E-state index is -0.173. The van der Waals surface area contributed by atoms with Crippen LogP contribution in [-0.2, 0) is 10.5 Å². The van der Waals surface area contributed by atoms with Crippen LogP contribution in [0, 0.1) is 0 Å². The van der Waals surface area contributed by atoms with E-state index >= 15 is 0 Å². The zero-order valence-electron chi connectivity index (χ0n) is 12.8. The van der Waals surface area contributed by atoms with Crippen LogP contribution in [0.2, 0.25) is 0 Å². The minimum absolute atomic E-state index is 0.0874. The monoisotopic (exact) mass is 313 g/mol. The zero-order valence-corrected chi connectivity index (χ0v) is 13.6. The molecule has 2 aromatic rings. The van der Waals surface area contributed by atoms with Crippen LogP contribution in [0.5, 0.6) is 0 Å². The van der Waals surface area contributed by atoms with E-state index in [2.05, 4.69) is 12.1 Å². The van der Waals surface area contributed by atoms with E-state index in [1.165, 1.54) is 10.5 Å². The highest BCUT2D eigenvalue weighted by Gasteiger charge is 2.16. The van der Waals surface area contributed by atoms with Gasteiger partial charge in [-0.05, 0) is 11.6 Å². The van der Waals surface area contributed by atoms with Gasteiger partial charge in [0.2, 0.25) is 5.91 Å². The SMILES string of the molecule is CN(C)C(=O)CC(=O)c1ccccc1SCc1ccccc1. The Bertz CT molecular complexity index is 653. The molecule has 0 heterocycles. The summed E-state index contributed by atoms with van der Waals surface area (Å²) in [4.78, 5) is 26.4. The molecule has 22 heavy (non-hydrogen) atoms. The van der Waals surface area contributed by atoms with E-state index in [1.54, 1.807) is 31.9 Å². The molecule has 0 atom stereocenters. The molecule has 3 nitrogen and oxygen atoms in total. The molecule has 0 radical (unpaired) electrons. The van der Waals surface area contributed by atoms with Gasteiger partial charge in [0.15, 0.2) is 5.78 Å². The third-order valence-electron chi connectivity index (χ3n) is 3.24. The van der Waals surface area contributed by atoms with Crippen LogP contribution < -0.4 is 0 Å². The first-order valence-electron chi connectivity index (χ1n) is 7.07. The molecular formula is C18H19NO2S. The topological polar surface area (TPSA) is 37.4 Å². The second-order valence-electron chi connectivity index (χ2n) is 5.16. The number of hydrogen-bond donors (Lipinski definition) is 0. The summed E-state index contributed by atoms with van der Waals surface area (Å²) < 4.78 is 0. The predicted octanol–water partition coefficient (Wildman–Crippen LogP) is 3.64. The van der Waals surface area contributed by atoms with Crippen molar-refractivity contribution >= 4 is 23.5 Å². The summed E-state index contributed by atoms with van der Waals surface area (Å²) in [6.07, 6.45) is -0.0874. The molecule has 0 spiro atoms. The van der Waals surface area contributed by atoms with Crippen LogP contribution in [0.1, 0.15) is 22.3 Å². The lowest BCUT2D eigenvalue weighted by molar-refractivity contribution is -0.127. The maximum absolute atomic E-state index is 12.3. The van der Waals surface area contributed by atoms with Gasteiger partial charge in [-0.25, -0.2) is 0 Å².